The van der Waals surface area contributed by atoms with Crippen molar-refractivity contribution in [3.05, 3.63) is 84.2 Å². The molecule has 1 amide bonds. The average molecular weight is 360 g/mol. The lowest BCUT2D eigenvalue weighted by Gasteiger charge is -2.33. The lowest BCUT2D eigenvalue weighted by molar-refractivity contribution is -0.0228. The fourth-order valence-electron chi connectivity index (χ4n) is 3.11. The molecule has 4 rings (SSSR count). The number of benzene rings is 2. The summed E-state index contributed by atoms with van der Waals surface area (Å²) in [6, 6.07) is 19.2. The fourth-order valence-corrected chi connectivity index (χ4v) is 3.11. The molecule has 6 heteroatoms. The molecule has 1 saturated heterocycles. The van der Waals surface area contributed by atoms with Crippen LogP contribution in [-0.2, 0) is 4.74 Å². The van der Waals surface area contributed by atoms with Gasteiger partial charge in [-0.1, -0.05) is 36.4 Å². The largest absolute Gasteiger partial charge is 0.370 e. The van der Waals surface area contributed by atoms with E-state index in [0.717, 1.165) is 11.3 Å². The predicted octanol–water partition coefficient (Wildman–Crippen LogP) is 3.43. The van der Waals surface area contributed by atoms with Gasteiger partial charge in [-0.25, -0.2) is 9.97 Å². The van der Waals surface area contributed by atoms with Crippen molar-refractivity contribution in [1.29, 1.82) is 0 Å². The maximum atomic E-state index is 13.0. The van der Waals surface area contributed by atoms with Gasteiger partial charge in [0.1, 0.15) is 6.10 Å². The smallest absolute Gasteiger partial charge is 0.254 e. The minimum atomic E-state index is -0.0945. The molecular weight excluding hydrogens is 340 g/mol. The Morgan fingerprint density at radius 3 is 2.67 bits per heavy atom. The second-order valence-electron chi connectivity index (χ2n) is 6.30. The molecule has 1 N–H and O–H groups in total. The second-order valence-corrected chi connectivity index (χ2v) is 6.30. The topological polar surface area (TPSA) is 67.4 Å². The van der Waals surface area contributed by atoms with Crippen LogP contribution in [0.15, 0.2) is 73.1 Å². The number of anilines is 2. The molecule has 0 spiro atoms. The van der Waals surface area contributed by atoms with Crippen LogP contribution in [0, 0.1) is 0 Å². The number of hydrogen-bond donors (Lipinski definition) is 1. The van der Waals surface area contributed by atoms with E-state index < -0.39 is 0 Å². The van der Waals surface area contributed by atoms with Crippen molar-refractivity contribution < 1.29 is 9.53 Å². The van der Waals surface area contributed by atoms with Crippen molar-refractivity contribution in [2.75, 3.05) is 25.0 Å². The Bertz CT molecular complexity index is 902. The van der Waals surface area contributed by atoms with E-state index in [4.69, 9.17) is 4.74 Å². The molecule has 0 bridgehead atoms. The van der Waals surface area contributed by atoms with Crippen LogP contribution >= 0.6 is 0 Å². The Labute approximate surface area is 157 Å². The first-order valence-electron chi connectivity index (χ1n) is 8.89. The highest BCUT2D eigenvalue weighted by Crippen LogP contribution is 2.24. The fraction of sp³-hybridized carbons (Fsp3) is 0.190. The number of amides is 1. The van der Waals surface area contributed by atoms with E-state index in [1.807, 2.05) is 59.5 Å². The summed E-state index contributed by atoms with van der Waals surface area (Å²) in [6.45, 7) is 1.66. The third-order valence-electron chi connectivity index (χ3n) is 4.46. The van der Waals surface area contributed by atoms with Gasteiger partial charge >= 0.3 is 0 Å². The third-order valence-corrected chi connectivity index (χ3v) is 4.46. The molecule has 2 heterocycles. The number of hydrogen-bond acceptors (Lipinski definition) is 5. The predicted molar refractivity (Wildman–Crippen MR) is 103 cm³/mol. The zero-order chi connectivity index (χ0) is 18.5. The van der Waals surface area contributed by atoms with Gasteiger partial charge in [0.25, 0.3) is 5.91 Å². The van der Waals surface area contributed by atoms with E-state index in [1.165, 1.54) is 0 Å². The highest BCUT2D eigenvalue weighted by atomic mass is 16.5. The molecule has 136 valence electrons. The maximum absolute atomic E-state index is 13.0. The minimum absolute atomic E-state index is 0.00291. The summed E-state index contributed by atoms with van der Waals surface area (Å²) in [6.07, 6.45) is 3.24. The summed E-state index contributed by atoms with van der Waals surface area (Å²) in [7, 11) is 0. The molecule has 1 aliphatic heterocycles. The summed E-state index contributed by atoms with van der Waals surface area (Å²) < 4.78 is 5.86. The number of ether oxygens (including phenoxy) is 1. The molecule has 2 aromatic carbocycles. The Hall–Kier alpha value is -3.25. The van der Waals surface area contributed by atoms with Gasteiger partial charge in [0, 0.05) is 30.2 Å². The highest BCUT2D eigenvalue weighted by molar-refractivity contribution is 5.95. The lowest BCUT2D eigenvalue weighted by Crippen LogP contribution is -2.42. The quantitative estimate of drug-likeness (QED) is 0.772. The van der Waals surface area contributed by atoms with Gasteiger partial charge in [-0.2, -0.15) is 0 Å². The minimum Gasteiger partial charge on any atom is -0.370 e. The molecule has 1 fully saturated rings. The van der Waals surface area contributed by atoms with Crippen LogP contribution in [0.5, 0.6) is 0 Å². The molecule has 1 aliphatic rings. The molecule has 0 radical (unpaired) electrons. The normalized spacial score (nSPS) is 16.7. The van der Waals surface area contributed by atoms with Crippen LogP contribution in [0.25, 0.3) is 0 Å². The first-order valence-corrected chi connectivity index (χ1v) is 8.89. The van der Waals surface area contributed by atoms with Crippen molar-refractivity contribution in [2.45, 2.75) is 6.10 Å². The molecule has 1 atom stereocenters. The van der Waals surface area contributed by atoms with E-state index in [0.29, 0.717) is 31.2 Å². The zero-order valence-electron chi connectivity index (χ0n) is 14.8. The van der Waals surface area contributed by atoms with Crippen LogP contribution < -0.4 is 5.32 Å². The van der Waals surface area contributed by atoms with Crippen LogP contribution in [0.2, 0.25) is 0 Å². The van der Waals surface area contributed by atoms with E-state index in [-0.39, 0.29) is 12.0 Å². The van der Waals surface area contributed by atoms with Crippen molar-refractivity contribution in [2.24, 2.45) is 0 Å². The first-order chi connectivity index (χ1) is 13.3. The monoisotopic (exact) mass is 360 g/mol. The third kappa shape index (κ3) is 4.12. The van der Waals surface area contributed by atoms with Crippen LogP contribution in [0.3, 0.4) is 0 Å². The second kappa shape index (κ2) is 7.97. The van der Waals surface area contributed by atoms with Crippen molar-refractivity contribution in [3.63, 3.8) is 0 Å². The summed E-state index contributed by atoms with van der Waals surface area (Å²) in [5, 5.41) is 3.12. The first kappa shape index (κ1) is 17.2. The Balaban J connectivity index is 1.48. The number of morpholine rings is 1. The maximum Gasteiger partial charge on any atom is 0.254 e. The van der Waals surface area contributed by atoms with E-state index in [1.54, 1.807) is 18.5 Å². The number of carbonyl (C=O) groups excluding carboxylic acids is 1. The van der Waals surface area contributed by atoms with Gasteiger partial charge in [-0.05, 0) is 29.8 Å². The number of nitrogens with zero attached hydrogens (tertiary/aromatic N) is 3. The van der Waals surface area contributed by atoms with Crippen molar-refractivity contribution in [3.8, 4) is 0 Å². The zero-order valence-corrected chi connectivity index (χ0v) is 14.8. The van der Waals surface area contributed by atoms with E-state index >= 15 is 0 Å². The van der Waals surface area contributed by atoms with Crippen LogP contribution in [-0.4, -0.2) is 40.5 Å². The summed E-state index contributed by atoms with van der Waals surface area (Å²) >= 11 is 0. The van der Waals surface area contributed by atoms with E-state index in [2.05, 4.69) is 15.3 Å². The number of nitrogens with one attached hydrogen (secondary N) is 1. The molecule has 0 aliphatic carbocycles. The molecule has 6 nitrogen and oxygen atoms in total. The Morgan fingerprint density at radius 2 is 1.85 bits per heavy atom. The molecule has 1 aromatic heterocycles. The summed E-state index contributed by atoms with van der Waals surface area (Å²) in [5.74, 6) is 0.495. The lowest BCUT2D eigenvalue weighted by atomic mass is 10.1. The van der Waals surface area contributed by atoms with E-state index in [9.17, 15) is 4.79 Å². The molecule has 27 heavy (non-hydrogen) atoms. The van der Waals surface area contributed by atoms with Crippen molar-refractivity contribution >= 4 is 17.5 Å². The molecule has 1 unspecified atom stereocenters. The van der Waals surface area contributed by atoms with Gasteiger partial charge in [-0.15, -0.1) is 0 Å². The standard InChI is InChI=1S/C21H20N4O2/c26-20(25-12-13-27-19(15-25)16-6-2-1-3-7-16)17-8-4-9-18(14-17)24-21-22-10-5-11-23-21/h1-11,14,19H,12-13,15H2,(H,22,23,24). The van der Waals surface area contributed by atoms with Gasteiger partial charge in [-0.3, -0.25) is 4.79 Å². The number of aromatic nitrogens is 2. The Morgan fingerprint density at radius 1 is 1.04 bits per heavy atom. The number of carbonyl (C=O) groups is 1. The van der Waals surface area contributed by atoms with Gasteiger partial charge in [0.15, 0.2) is 0 Å². The summed E-state index contributed by atoms with van der Waals surface area (Å²) in [5.41, 5.74) is 2.50. The Kier molecular flexibility index (Phi) is 5.07. The molecular formula is C21H20N4O2. The van der Waals surface area contributed by atoms with Gasteiger partial charge in [0.05, 0.1) is 13.2 Å². The number of rotatable bonds is 4. The highest BCUT2D eigenvalue weighted by Gasteiger charge is 2.26. The molecule has 3 aromatic rings. The SMILES string of the molecule is O=C(c1cccc(Nc2ncccn2)c1)N1CCOC(c2ccccc2)C1. The van der Waals surface area contributed by atoms with Crippen molar-refractivity contribution in [1.82, 2.24) is 14.9 Å². The van der Waals surface area contributed by atoms with Crippen LogP contribution in [0.1, 0.15) is 22.0 Å². The van der Waals surface area contributed by atoms with Gasteiger partial charge < -0.3 is 15.0 Å². The van der Waals surface area contributed by atoms with Gasteiger partial charge in [0.2, 0.25) is 5.95 Å². The van der Waals surface area contributed by atoms with Crippen LogP contribution in [0.4, 0.5) is 11.6 Å². The summed E-state index contributed by atoms with van der Waals surface area (Å²) in [4.78, 5) is 23.1. The molecule has 0 saturated carbocycles. The average Bonchev–Trinajstić information content (AvgIpc) is 2.75.